The number of hydrogen-bond donors (Lipinski definition) is 0. The minimum absolute atomic E-state index is 0.0493. The second-order valence-corrected chi connectivity index (χ2v) is 4.96. The van der Waals surface area contributed by atoms with Crippen LogP contribution in [0, 0.1) is 0 Å². The summed E-state index contributed by atoms with van der Waals surface area (Å²) in [7, 11) is 0. The molecule has 0 N–H and O–H groups in total. The molecule has 2 rings (SSSR count). The average molecular weight is 298 g/mol. The summed E-state index contributed by atoms with van der Waals surface area (Å²) in [6.07, 6.45) is -2.45. The van der Waals surface area contributed by atoms with Crippen LogP contribution in [0.4, 0.5) is 8.78 Å². The van der Waals surface area contributed by atoms with Crippen LogP contribution in [-0.4, -0.2) is 0 Å². The lowest BCUT2D eigenvalue weighted by atomic mass is 10.2. The van der Waals surface area contributed by atoms with Crippen molar-refractivity contribution >= 4 is 49.0 Å². The number of alkyl halides is 2. The zero-order valence-corrected chi connectivity index (χ0v) is 9.89. The smallest absolute Gasteiger partial charge is 0.205 e. The number of fused-ring (bicyclic) bond motifs is 1. The minimum atomic E-state index is -2.45. The number of thiophene rings is 1. The van der Waals surface area contributed by atoms with Gasteiger partial charge in [0.2, 0.25) is 0 Å². The van der Waals surface area contributed by atoms with Crippen LogP contribution in [0.2, 0.25) is 5.02 Å². The van der Waals surface area contributed by atoms with Crippen molar-refractivity contribution in [2.24, 2.45) is 0 Å². The number of hydrogen-bond acceptors (Lipinski definition) is 1. The lowest BCUT2D eigenvalue weighted by Gasteiger charge is -1.99. The first kappa shape index (κ1) is 10.3. The zero-order chi connectivity index (χ0) is 10.3. The summed E-state index contributed by atoms with van der Waals surface area (Å²) in [5, 5.41) is 2.49. The van der Waals surface area contributed by atoms with Crippen LogP contribution in [0.1, 0.15) is 12.0 Å². The van der Waals surface area contributed by atoms with E-state index >= 15 is 0 Å². The van der Waals surface area contributed by atoms with Crippen molar-refractivity contribution < 1.29 is 8.78 Å². The molecule has 0 saturated heterocycles. The van der Waals surface area contributed by atoms with Crippen molar-refractivity contribution in [3.05, 3.63) is 32.6 Å². The van der Waals surface area contributed by atoms with Crippen molar-refractivity contribution in [3.8, 4) is 0 Å². The summed E-state index contributed by atoms with van der Waals surface area (Å²) in [6.45, 7) is 0. The van der Waals surface area contributed by atoms with Gasteiger partial charge in [0.1, 0.15) is 0 Å². The Morgan fingerprint density at radius 1 is 1.36 bits per heavy atom. The molecule has 0 aliphatic carbocycles. The molecular weight excluding hydrogens is 294 g/mol. The monoisotopic (exact) mass is 296 g/mol. The average Bonchev–Trinajstić information content (AvgIpc) is 2.47. The third kappa shape index (κ3) is 1.66. The van der Waals surface area contributed by atoms with Gasteiger partial charge in [-0.05, 0) is 12.1 Å². The van der Waals surface area contributed by atoms with E-state index in [0.29, 0.717) is 15.1 Å². The first-order chi connectivity index (χ1) is 6.59. The molecule has 0 nitrogen and oxygen atoms in total. The van der Waals surface area contributed by atoms with Gasteiger partial charge < -0.3 is 0 Å². The maximum absolute atomic E-state index is 12.5. The van der Waals surface area contributed by atoms with Crippen LogP contribution in [0.25, 0.3) is 10.1 Å². The molecular formula is C9H4BrClF2S. The molecule has 0 bridgehead atoms. The highest BCUT2D eigenvalue weighted by molar-refractivity contribution is 9.10. The van der Waals surface area contributed by atoms with E-state index in [2.05, 4.69) is 15.9 Å². The van der Waals surface area contributed by atoms with E-state index in [1.54, 1.807) is 12.1 Å². The van der Waals surface area contributed by atoms with Crippen LogP contribution < -0.4 is 0 Å². The molecule has 2 aromatic rings. The van der Waals surface area contributed by atoms with E-state index in [1.807, 2.05) is 0 Å². The topological polar surface area (TPSA) is 0 Å². The third-order valence-corrected chi connectivity index (χ3v) is 3.77. The summed E-state index contributed by atoms with van der Waals surface area (Å²) >= 11 is 10.4. The zero-order valence-electron chi connectivity index (χ0n) is 6.73. The number of benzene rings is 1. The highest BCUT2D eigenvalue weighted by Gasteiger charge is 2.15. The molecule has 1 aromatic heterocycles. The quantitative estimate of drug-likeness (QED) is 0.674. The number of halogens is 4. The van der Waals surface area contributed by atoms with Crippen LogP contribution in [0.3, 0.4) is 0 Å². The molecule has 0 atom stereocenters. The van der Waals surface area contributed by atoms with Gasteiger partial charge in [-0.2, -0.15) is 0 Å². The van der Waals surface area contributed by atoms with Gasteiger partial charge in [-0.15, -0.1) is 11.3 Å². The SMILES string of the molecule is FC(F)c1csc2c(Cl)cc(Br)cc12. The standard InChI is InChI=1S/C9H4BrClF2S/c10-4-1-5-6(9(12)13)3-14-8(5)7(11)2-4/h1-3,9H. The van der Waals surface area contributed by atoms with Gasteiger partial charge in [0, 0.05) is 20.8 Å². The molecule has 5 heteroatoms. The summed E-state index contributed by atoms with van der Waals surface area (Å²) < 4.78 is 26.5. The van der Waals surface area contributed by atoms with E-state index in [0.717, 1.165) is 4.47 Å². The second-order valence-electron chi connectivity index (χ2n) is 2.76. The molecule has 1 aromatic carbocycles. The maximum atomic E-state index is 12.5. The molecule has 0 aliphatic heterocycles. The Bertz CT molecular complexity index is 481. The van der Waals surface area contributed by atoms with Crippen molar-refractivity contribution in [2.45, 2.75) is 6.43 Å². The molecule has 0 saturated carbocycles. The predicted molar refractivity (Wildman–Crippen MR) is 59.5 cm³/mol. The van der Waals surface area contributed by atoms with Crippen molar-refractivity contribution in [1.82, 2.24) is 0 Å². The summed E-state index contributed by atoms with van der Waals surface area (Å²) in [6, 6.07) is 3.37. The molecule has 74 valence electrons. The van der Waals surface area contributed by atoms with Gasteiger partial charge in [-0.3, -0.25) is 0 Å². The van der Waals surface area contributed by atoms with Crippen molar-refractivity contribution in [1.29, 1.82) is 0 Å². The van der Waals surface area contributed by atoms with E-state index in [9.17, 15) is 8.78 Å². The Kier molecular flexibility index (Phi) is 2.77. The van der Waals surface area contributed by atoms with Crippen molar-refractivity contribution in [3.63, 3.8) is 0 Å². The van der Waals surface area contributed by atoms with E-state index in [1.165, 1.54) is 16.7 Å². The maximum Gasteiger partial charge on any atom is 0.265 e. The van der Waals surface area contributed by atoms with Crippen LogP contribution in [-0.2, 0) is 0 Å². The Hall–Kier alpha value is -0.190. The predicted octanol–water partition coefficient (Wildman–Crippen LogP) is 5.25. The molecule has 0 amide bonds. The molecule has 0 radical (unpaired) electrons. The molecule has 0 fully saturated rings. The van der Waals surface area contributed by atoms with Crippen molar-refractivity contribution in [2.75, 3.05) is 0 Å². The molecule has 0 aliphatic rings. The van der Waals surface area contributed by atoms with E-state index < -0.39 is 6.43 Å². The Labute approximate surface area is 96.6 Å². The van der Waals surface area contributed by atoms with Gasteiger partial charge in [0.05, 0.1) is 9.72 Å². The van der Waals surface area contributed by atoms with E-state index in [-0.39, 0.29) is 5.56 Å². The lowest BCUT2D eigenvalue weighted by molar-refractivity contribution is 0.153. The van der Waals surface area contributed by atoms with Crippen LogP contribution in [0.5, 0.6) is 0 Å². The summed E-state index contributed by atoms with van der Waals surface area (Å²) in [5.74, 6) is 0. The van der Waals surface area contributed by atoms with Gasteiger partial charge in [-0.1, -0.05) is 27.5 Å². The second kappa shape index (κ2) is 3.76. The highest BCUT2D eigenvalue weighted by atomic mass is 79.9. The van der Waals surface area contributed by atoms with Gasteiger partial charge in [0.25, 0.3) is 6.43 Å². The van der Waals surface area contributed by atoms with E-state index in [4.69, 9.17) is 11.6 Å². The fraction of sp³-hybridized carbons (Fsp3) is 0.111. The number of rotatable bonds is 1. The Morgan fingerprint density at radius 3 is 2.71 bits per heavy atom. The van der Waals surface area contributed by atoms with Crippen LogP contribution >= 0.6 is 38.9 Å². The summed E-state index contributed by atoms with van der Waals surface area (Å²) in [5.41, 5.74) is 0.0493. The Morgan fingerprint density at radius 2 is 2.07 bits per heavy atom. The van der Waals surface area contributed by atoms with Gasteiger partial charge >= 0.3 is 0 Å². The lowest BCUT2D eigenvalue weighted by Crippen LogP contribution is -1.80. The van der Waals surface area contributed by atoms with Crippen LogP contribution in [0.15, 0.2) is 22.0 Å². The third-order valence-electron chi connectivity index (χ3n) is 1.86. The molecule has 0 spiro atoms. The van der Waals surface area contributed by atoms with Gasteiger partial charge in [0.15, 0.2) is 0 Å². The molecule has 14 heavy (non-hydrogen) atoms. The van der Waals surface area contributed by atoms with Gasteiger partial charge in [-0.25, -0.2) is 8.78 Å². The molecule has 1 heterocycles. The fourth-order valence-electron chi connectivity index (χ4n) is 1.25. The summed E-state index contributed by atoms with van der Waals surface area (Å²) in [4.78, 5) is 0. The largest absolute Gasteiger partial charge is 0.265 e. The fourth-order valence-corrected chi connectivity index (χ4v) is 3.14. The Balaban J connectivity index is 2.78. The first-order valence-electron chi connectivity index (χ1n) is 3.74. The first-order valence-corrected chi connectivity index (χ1v) is 5.79. The normalized spacial score (nSPS) is 11.5. The highest BCUT2D eigenvalue weighted by Crippen LogP contribution is 2.38. The minimum Gasteiger partial charge on any atom is -0.205 e. The molecule has 0 unspecified atom stereocenters.